The summed E-state index contributed by atoms with van der Waals surface area (Å²) in [5.74, 6) is 0. The average molecular weight is 1040 g/mol. The molecule has 0 aliphatic heterocycles. The van der Waals surface area contributed by atoms with Crippen molar-refractivity contribution in [1.29, 1.82) is 0 Å². The molecular formula is C63H48B3F6N3O3. The van der Waals surface area contributed by atoms with E-state index in [1.807, 2.05) is 159 Å². The monoisotopic (exact) mass is 1040 g/mol. The number of pyridine rings is 3. The van der Waals surface area contributed by atoms with Gasteiger partial charge in [-0.3, -0.25) is 15.0 Å². The van der Waals surface area contributed by atoms with Crippen LogP contribution in [0.1, 0.15) is 68.8 Å². The summed E-state index contributed by atoms with van der Waals surface area (Å²) in [6, 6.07) is 69.0. The van der Waals surface area contributed by atoms with Crippen LogP contribution in [0, 0.1) is 6.92 Å². The van der Waals surface area contributed by atoms with E-state index >= 15 is 0 Å². The second kappa shape index (κ2) is 23.9. The van der Waals surface area contributed by atoms with Crippen LogP contribution in [-0.4, -0.2) is 35.7 Å². The summed E-state index contributed by atoms with van der Waals surface area (Å²) in [4.78, 5) is 14.2. The van der Waals surface area contributed by atoms with E-state index in [1.54, 1.807) is 55.0 Å². The van der Waals surface area contributed by atoms with Crippen LogP contribution in [0.4, 0.5) is 26.3 Å². The summed E-state index contributed by atoms with van der Waals surface area (Å²) in [6.07, 6.45) is -6.87. The van der Waals surface area contributed by atoms with Crippen LogP contribution in [0.15, 0.2) is 255 Å². The molecule has 0 aliphatic rings. The number of aromatic nitrogens is 3. The van der Waals surface area contributed by atoms with Gasteiger partial charge in [-0.2, -0.15) is 26.3 Å². The number of nitrogens with zero attached hydrogens (tertiary/aromatic N) is 3. The largest absolute Gasteiger partial charge is 0.416 e. The van der Waals surface area contributed by atoms with Crippen LogP contribution >= 0.6 is 0 Å². The maximum atomic E-state index is 14.1. The van der Waals surface area contributed by atoms with E-state index < -0.39 is 62.5 Å². The van der Waals surface area contributed by atoms with Gasteiger partial charge in [-0.05, 0) is 117 Å². The Kier molecular flexibility index (Phi) is 16.3. The van der Waals surface area contributed by atoms with Gasteiger partial charge in [0.25, 0.3) is 0 Å². The van der Waals surface area contributed by atoms with Crippen molar-refractivity contribution in [1.82, 2.24) is 15.0 Å². The van der Waals surface area contributed by atoms with Gasteiger partial charge in [0.15, 0.2) is 0 Å². The second-order valence-corrected chi connectivity index (χ2v) is 18.8. The molecule has 7 aromatic carbocycles. The van der Waals surface area contributed by atoms with Crippen LogP contribution in [0.3, 0.4) is 0 Å². The molecule has 78 heavy (non-hydrogen) atoms. The second-order valence-electron chi connectivity index (χ2n) is 18.8. The minimum absolute atomic E-state index is 0.432. The van der Waals surface area contributed by atoms with Crippen molar-refractivity contribution in [2.24, 2.45) is 0 Å². The molecule has 3 heterocycles. The lowest BCUT2D eigenvalue weighted by Crippen LogP contribution is -2.56. The molecule has 0 spiro atoms. The third kappa shape index (κ3) is 12.7. The van der Waals surface area contributed by atoms with Gasteiger partial charge in [-0.25, -0.2) is 0 Å². The summed E-state index contributed by atoms with van der Waals surface area (Å²) < 4.78 is 107. The Hall–Kier alpha value is -8.36. The minimum Gasteiger partial charge on any atom is -0.414 e. The quantitative estimate of drug-likeness (QED) is 0.0630. The summed E-state index contributed by atoms with van der Waals surface area (Å²) in [7, 11) is 0. The maximum absolute atomic E-state index is 14.1. The van der Waals surface area contributed by atoms with Crippen molar-refractivity contribution in [3.63, 3.8) is 0 Å². The van der Waals surface area contributed by atoms with Crippen LogP contribution in [0.5, 0.6) is 0 Å². The highest BCUT2D eigenvalue weighted by Gasteiger charge is 2.37. The van der Waals surface area contributed by atoms with E-state index in [2.05, 4.69) is 9.97 Å². The first kappa shape index (κ1) is 53.1. The lowest BCUT2D eigenvalue weighted by molar-refractivity contribution is -0.138. The maximum Gasteiger partial charge on any atom is 0.416 e. The van der Waals surface area contributed by atoms with E-state index in [0.29, 0.717) is 55.5 Å². The fourth-order valence-electron chi connectivity index (χ4n) is 9.48. The molecule has 15 heteroatoms. The Labute approximate surface area is 450 Å². The number of rotatable bonds is 18. The highest BCUT2D eigenvalue weighted by molar-refractivity contribution is 6.86. The Morgan fingerprint density at radius 1 is 0.321 bits per heavy atom. The fourth-order valence-corrected chi connectivity index (χ4v) is 9.48. The molecule has 0 bridgehead atoms. The van der Waals surface area contributed by atoms with Gasteiger partial charge in [0, 0.05) is 18.6 Å². The zero-order valence-electron chi connectivity index (χ0n) is 42.0. The zero-order chi connectivity index (χ0) is 54.1. The number of alkyl halides is 6. The molecule has 0 saturated heterocycles. The van der Waals surface area contributed by atoms with E-state index in [0.717, 1.165) is 40.9 Å². The van der Waals surface area contributed by atoms with E-state index in [-0.39, 0.29) is 0 Å². The zero-order valence-corrected chi connectivity index (χ0v) is 42.0. The fraction of sp³-hybridized carbons (Fsp3) is 0.0952. The number of halogens is 6. The number of benzene rings is 7. The summed E-state index contributed by atoms with van der Waals surface area (Å²) >= 11 is 0. The number of hydrogen-bond acceptors (Lipinski definition) is 6. The van der Waals surface area contributed by atoms with Crippen molar-refractivity contribution in [3.05, 3.63) is 306 Å². The SMILES string of the molecule is Cc1ccc(C(OB(c2ccccc2)c2cc(B(OC(c3ccc(C(F)(F)F)cc3)c3ccccn3)c3ccccc3)cc(B(OC(c3ccc(C(F)(F)F)cc3)c3ccccn3)c3ccccc3)c2)c2ccccn2)cc1. The first-order chi connectivity index (χ1) is 37.9. The first-order valence-corrected chi connectivity index (χ1v) is 25.3. The molecule has 10 rings (SSSR count). The Morgan fingerprint density at radius 2 is 0.590 bits per heavy atom. The van der Waals surface area contributed by atoms with Crippen molar-refractivity contribution < 1.29 is 40.3 Å². The Balaban J connectivity index is 1.21. The van der Waals surface area contributed by atoms with Gasteiger partial charge < -0.3 is 14.0 Å². The predicted molar refractivity (Wildman–Crippen MR) is 296 cm³/mol. The average Bonchev–Trinajstić information content (AvgIpc) is 3.49. The van der Waals surface area contributed by atoms with Crippen LogP contribution in [0.25, 0.3) is 0 Å². The van der Waals surface area contributed by atoms with Crippen LogP contribution in [-0.2, 0) is 26.3 Å². The molecule has 384 valence electrons. The molecule has 0 aliphatic carbocycles. The van der Waals surface area contributed by atoms with E-state index in [1.165, 1.54) is 24.3 Å². The van der Waals surface area contributed by atoms with Gasteiger partial charge in [0.05, 0.1) is 28.2 Å². The van der Waals surface area contributed by atoms with Gasteiger partial charge in [0.2, 0.25) is 0 Å². The highest BCUT2D eigenvalue weighted by atomic mass is 19.4. The normalized spacial score (nSPS) is 12.8. The molecule has 0 saturated carbocycles. The molecular weight excluding hydrogens is 993 g/mol. The predicted octanol–water partition coefficient (Wildman–Crippen LogP) is 11.0. The number of hydrogen-bond donors (Lipinski definition) is 0. The third-order valence-corrected chi connectivity index (χ3v) is 13.4. The smallest absolute Gasteiger partial charge is 0.414 e. The first-order valence-electron chi connectivity index (χ1n) is 25.3. The van der Waals surface area contributed by atoms with Crippen molar-refractivity contribution in [3.8, 4) is 0 Å². The lowest BCUT2D eigenvalue weighted by Gasteiger charge is -2.29. The third-order valence-electron chi connectivity index (χ3n) is 13.4. The van der Waals surface area contributed by atoms with Crippen LogP contribution < -0.4 is 32.8 Å². The Morgan fingerprint density at radius 3 is 0.846 bits per heavy atom. The molecule has 0 amide bonds. The molecule has 0 radical (unpaired) electrons. The summed E-state index contributed by atoms with van der Waals surface area (Å²) in [6.45, 7) is -0.661. The molecule has 3 unspecified atom stereocenters. The topological polar surface area (TPSA) is 66.4 Å². The highest BCUT2D eigenvalue weighted by Crippen LogP contribution is 2.34. The van der Waals surface area contributed by atoms with E-state index in [4.69, 9.17) is 18.9 Å². The van der Waals surface area contributed by atoms with Gasteiger partial charge >= 0.3 is 33.1 Å². The van der Waals surface area contributed by atoms with Gasteiger partial charge in [-0.1, -0.05) is 181 Å². The molecule has 3 aromatic heterocycles. The van der Waals surface area contributed by atoms with Crippen molar-refractivity contribution in [2.75, 3.05) is 0 Å². The summed E-state index contributed by atoms with van der Waals surface area (Å²) in [5.41, 5.74) is 6.87. The van der Waals surface area contributed by atoms with Crippen molar-refractivity contribution >= 4 is 53.5 Å². The van der Waals surface area contributed by atoms with Gasteiger partial charge in [0.1, 0.15) is 18.3 Å². The Bertz CT molecular complexity index is 3320. The molecule has 6 nitrogen and oxygen atoms in total. The molecule has 3 atom stereocenters. The molecule has 0 fully saturated rings. The minimum atomic E-state index is -4.57. The van der Waals surface area contributed by atoms with Crippen molar-refractivity contribution in [2.45, 2.75) is 37.6 Å². The van der Waals surface area contributed by atoms with Crippen LogP contribution in [0.2, 0.25) is 0 Å². The molecule has 10 aromatic rings. The standard InChI is InChI=1S/C63H48B3F6N3O3/c1-44-26-28-45(29-27-44)59(56-23-11-14-38-73-56)76-64(50-17-5-2-6-18-50)53-41-54(65(51-19-7-3-8-20-51)77-60(57-24-12-15-39-74-57)46-30-34-48(35-31-46)62(67,68)69)43-55(42-53)66(52-21-9-4-10-22-52)78-61(58-25-13-16-40-75-58)47-32-36-49(37-33-47)63(70,71)72/h2-43,59-61H,1H3. The summed E-state index contributed by atoms with van der Waals surface area (Å²) in [5, 5.41) is 0. The number of aryl methyl sites for hydroxylation is 1. The lowest BCUT2D eigenvalue weighted by atomic mass is 9.46. The van der Waals surface area contributed by atoms with E-state index in [9.17, 15) is 26.3 Å². The van der Waals surface area contributed by atoms with Gasteiger partial charge in [-0.15, -0.1) is 0 Å². The molecule has 0 N–H and O–H groups in total.